The molecule has 16 heavy (non-hydrogen) atoms. The highest BCUT2D eigenvalue weighted by Gasteiger charge is 2.35. The van der Waals surface area contributed by atoms with E-state index in [1.54, 1.807) is 6.07 Å². The van der Waals surface area contributed by atoms with Crippen molar-refractivity contribution in [3.05, 3.63) is 33.8 Å². The van der Waals surface area contributed by atoms with Crippen LogP contribution in [0.3, 0.4) is 0 Å². The van der Waals surface area contributed by atoms with E-state index in [1.165, 1.54) is 0 Å². The summed E-state index contributed by atoms with van der Waals surface area (Å²) >= 11 is 5.48. The minimum atomic E-state index is -4.67. The first-order chi connectivity index (χ1) is 7.27. The number of halogens is 4. The number of rotatable bonds is 1. The van der Waals surface area contributed by atoms with Crippen LogP contribution in [0.15, 0.2) is 12.1 Å². The molecular weight excluding hydrogens is 243 g/mol. The van der Waals surface area contributed by atoms with E-state index in [2.05, 4.69) is 0 Å². The molecule has 0 spiro atoms. The van der Waals surface area contributed by atoms with Gasteiger partial charge in [-0.15, -0.1) is 0 Å². The molecule has 0 fully saturated rings. The normalized spacial score (nSPS) is 11.0. The van der Waals surface area contributed by atoms with Crippen molar-refractivity contribution in [2.24, 2.45) is 0 Å². The summed E-state index contributed by atoms with van der Waals surface area (Å²) in [6.45, 7) is 1.000. The number of Topliss-reactive ketones (excluding diaryl/α,β-unsaturated/α-hetero) is 1. The van der Waals surface area contributed by atoms with E-state index in [-0.39, 0.29) is 10.6 Å². The number of alkyl halides is 3. The van der Waals surface area contributed by atoms with E-state index in [4.69, 9.17) is 16.9 Å². The number of nitrogens with zero attached hydrogens (tertiary/aromatic N) is 1. The van der Waals surface area contributed by atoms with Gasteiger partial charge in [0, 0.05) is 5.56 Å². The van der Waals surface area contributed by atoms with Crippen LogP contribution in [0.25, 0.3) is 0 Å². The molecule has 0 aliphatic heterocycles. The lowest BCUT2D eigenvalue weighted by molar-refractivity contribution is -0.137. The zero-order valence-corrected chi connectivity index (χ0v) is 8.78. The largest absolute Gasteiger partial charge is 0.417 e. The lowest BCUT2D eigenvalue weighted by atomic mass is 10.0. The summed E-state index contributed by atoms with van der Waals surface area (Å²) in [6.07, 6.45) is -4.67. The van der Waals surface area contributed by atoms with Crippen molar-refractivity contribution >= 4 is 17.4 Å². The topological polar surface area (TPSA) is 40.9 Å². The van der Waals surface area contributed by atoms with Crippen molar-refractivity contribution in [1.82, 2.24) is 0 Å². The molecule has 0 atom stereocenters. The molecule has 0 heterocycles. The Morgan fingerprint density at radius 1 is 1.44 bits per heavy atom. The maximum Gasteiger partial charge on any atom is 0.417 e. The van der Waals surface area contributed by atoms with Crippen LogP contribution in [0, 0.1) is 11.3 Å². The third-order valence-electron chi connectivity index (χ3n) is 1.91. The maximum atomic E-state index is 12.5. The van der Waals surface area contributed by atoms with Gasteiger partial charge in [-0.3, -0.25) is 4.79 Å². The molecule has 0 radical (unpaired) electrons. The zero-order valence-electron chi connectivity index (χ0n) is 8.02. The van der Waals surface area contributed by atoms with Gasteiger partial charge in [-0.1, -0.05) is 11.6 Å². The van der Waals surface area contributed by atoms with Crippen LogP contribution < -0.4 is 0 Å². The third kappa shape index (κ3) is 2.34. The van der Waals surface area contributed by atoms with Crippen LogP contribution in [0.2, 0.25) is 5.02 Å². The first-order valence-corrected chi connectivity index (χ1v) is 4.47. The first kappa shape index (κ1) is 12.5. The molecule has 2 nitrogen and oxygen atoms in total. The van der Waals surface area contributed by atoms with E-state index < -0.39 is 23.1 Å². The molecule has 0 saturated carbocycles. The zero-order chi connectivity index (χ0) is 12.5. The molecule has 0 aliphatic rings. The van der Waals surface area contributed by atoms with Gasteiger partial charge in [0.25, 0.3) is 0 Å². The summed E-state index contributed by atoms with van der Waals surface area (Å²) in [5.74, 6) is -0.763. The van der Waals surface area contributed by atoms with Crippen molar-refractivity contribution in [2.45, 2.75) is 13.1 Å². The highest BCUT2D eigenvalue weighted by atomic mass is 35.5. The fraction of sp³-hybridized carbons (Fsp3) is 0.200. The standard InChI is InChI=1S/C10H5ClF3NO/c1-5(16)7-2-6(4-15)9(11)3-8(7)10(12,13)14/h2-3H,1H3. The maximum absolute atomic E-state index is 12.5. The van der Waals surface area contributed by atoms with Crippen LogP contribution in [0.4, 0.5) is 13.2 Å². The second-order valence-electron chi connectivity index (χ2n) is 3.04. The molecule has 0 N–H and O–H groups in total. The molecule has 6 heteroatoms. The average Bonchev–Trinajstić information content (AvgIpc) is 2.15. The van der Waals surface area contributed by atoms with Gasteiger partial charge in [0.2, 0.25) is 0 Å². The number of carbonyl (C=O) groups excluding carboxylic acids is 1. The monoisotopic (exact) mass is 247 g/mol. The van der Waals surface area contributed by atoms with Gasteiger partial charge < -0.3 is 0 Å². The highest BCUT2D eigenvalue weighted by molar-refractivity contribution is 6.32. The van der Waals surface area contributed by atoms with Crippen molar-refractivity contribution < 1.29 is 18.0 Å². The van der Waals surface area contributed by atoms with Crippen molar-refractivity contribution in [3.63, 3.8) is 0 Å². The lowest BCUT2D eigenvalue weighted by Gasteiger charge is -2.11. The fourth-order valence-electron chi connectivity index (χ4n) is 1.18. The van der Waals surface area contributed by atoms with Gasteiger partial charge in [-0.05, 0) is 19.1 Å². The Hall–Kier alpha value is -1.54. The van der Waals surface area contributed by atoms with Crippen molar-refractivity contribution in [3.8, 4) is 6.07 Å². The minimum Gasteiger partial charge on any atom is -0.294 e. The van der Waals surface area contributed by atoms with Crippen molar-refractivity contribution in [2.75, 3.05) is 0 Å². The number of ketones is 1. The number of carbonyl (C=O) groups is 1. The second kappa shape index (κ2) is 4.14. The fourth-order valence-corrected chi connectivity index (χ4v) is 1.39. The summed E-state index contributed by atoms with van der Waals surface area (Å²) in [5.41, 5.74) is -1.82. The molecule has 1 rings (SSSR count). The van der Waals surface area contributed by atoms with E-state index in [9.17, 15) is 18.0 Å². The molecule has 84 valence electrons. The number of hydrogen-bond donors (Lipinski definition) is 0. The predicted octanol–water partition coefficient (Wildman–Crippen LogP) is 3.43. The summed E-state index contributed by atoms with van der Waals surface area (Å²) in [5, 5.41) is 8.27. The summed E-state index contributed by atoms with van der Waals surface area (Å²) in [7, 11) is 0. The lowest BCUT2D eigenvalue weighted by Crippen LogP contribution is -2.12. The minimum absolute atomic E-state index is 0.153. The summed E-state index contributed by atoms with van der Waals surface area (Å²) in [6, 6.07) is 3.07. The Kier molecular flexibility index (Phi) is 3.24. The van der Waals surface area contributed by atoms with Gasteiger partial charge in [0.05, 0.1) is 16.1 Å². The number of hydrogen-bond acceptors (Lipinski definition) is 2. The van der Waals surface area contributed by atoms with Crippen LogP contribution in [0.5, 0.6) is 0 Å². The second-order valence-corrected chi connectivity index (χ2v) is 3.45. The van der Waals surface area contributed by atoms with Crippen LogP contribution >= 0.6 is 11.6 Å². The molecule has 0 saturated heterocycles. The summed E-state index contributed by atoms with van der Waals surface area (Å²) in [4.78, 5) is 11.0. The van der Waals surface area contributed by atoms with Crippen LogP contribution in [-0.2, 0) is 6.18 Å². The number of nitriles is 1. The Morgan fingerprint density at radius 3 is 2.38 bits per heavy atom. The molecule has 0 aromatic heterocycles. The average molecular weight is 248 g/mol. The van der Waals surface area contributed by atoms with Crippen molar-refractivity contribution in [1.29, 1.82) is 5.26 Å². The van der Waals surface area contributed by atoms with Crippen LogP contribution in [-0.4, -0.2) is 5.78 Å². The van der Waals surface area contributed by atoms with E-state index in [0.29, 0.717) is 6.07 Å². The van der Waals surface area contributed by atoms with Gasteiger partial charge in [-0.25, -0.2) is 0 Å². The predicted molar refractivity (Wildman–Crippen MR) is 51.2 cm³/mol. The SMILES string of the molecule is CC(=O)c1cc(C#N)c(Cl)cc1C(F)(F)F. The number of benzene rings is 1. The van der Waals surface area contributed by atoms with Gasteiger partial charge >= 0.3 is 6.18 Å². The molecule has 0 amide bonds. The molecule has 1 aromatic rings. The van der Waals surface area contributed by atoms with Crippen LogP contribution in [0.1, 0.15) is 28.4 Å². The molecular formula is C10H5ClF3NO. The highest BCUT2D eigenvalue weighted by Crippen LogP contribution is 2.35. The Bertz CT molecular complexity index is 488. The Labute approximate surface area is 94.2 Å². The summed E-state index contributed by atoms with van der Waals surface area (Å²) < 4.78 is 37.6. The molecule has 0 aliphatic carbocycles. The van der Waals surface area contributed by atoms with E-state index in [1.807, 2.05) is 0 Å². The molecule has 1 aromatic carbocycles. The van der Waals surface area contributed by atoms with Gasteiger partial charge in [0.1, 0.15) is 6.07 Å². The first-order valence-electron chi connectivity index (χ1n) is 4.09. The quantitative estimate of drug-likeness (QED) is 0.714. The Morgan fingerprint density at radius 2 is 2.00 bits per heavy atom. The van der Waals surface area contributed by atoms with Gasteiger partial charge in [0.15, 0.2) is 5.78 Å². The van der Waals surface area contributed by atoms with E-state index in [0.717, 1.165) is 13.0 Å². The van der Waals surface area contributed by atoms with Gasteiger partial charge in [-0.2, -0.15) is 18.4 Å². The van der Waals surface area contributed by atoms with E-state index >= 15 is 0 Å². The smallest absolute Gasteiger partial charge is 0.294 e. The Balaban J connectivity index is 3.57. The third-order valence-corrected chi connectivity index (χ3v) is 2.23. The molecule has 0 bridgehead atoms. The molecule has 0 unspecified atom stereocenters.